The first-order valence-electron chi connectivity index (χ1n) is 3.03. The number of benzene rings is 1. The van der Waals surface area contributed by atoms with Gasteiger partial charge in [-0.05, 0) is 57.3 Å². The smallest absolute Gasteiger partial charge is 0.151 e. The fraction of sp³-hybridized carbons (Fsp3) is 0. The van der Waals surface area contributed by atoms with Crippen molar-refractivity contribution in [3.8, 4) is 6.07 Å². The maximum atomic E-state index is 10.5. The Hall–Kier alpha value is -0.160. The maximum absolute atomic E-state index is 10.5. The zero-order chi connectivity index (χ0) is 9.14. The molecule has 0 amide bonds. The highest BCUT2D eigenvalue weighted by atomic mass is 127. The molecule has 1 rings (SSSR count). The molecule has 0 fully saturated rings. The number of rotatable bonds is 1. The van der Waals surface area contributed by atoms with Crippen LogP contribution in [0.4, 0.5) is 0 Å². The summed E-state index contributed by atoms with van der Waals surface area (Å²) < 4.78 is 1.84. The molecule has 12 heavy (non-hydrogen) atoms. The van der Waals surface area contributed by atoms with Gasteiger partial charge in [-0.3, -0.25) is 4.79 Å². The van der Waals surface area contributed by atoms with Gasteiger partial charge in [-0.25, -0.2) is 0 Å². The fourth-order valence-corrected chi connectivity index (χ4v) is 1.85. The van der Waals surface area contributed by atoms with Crippen molar-refractivity contribution in [3.63, 3.8) is 0 Å². The third kappa shape index (κ3) is 1.95. The van der Waals surface area contributed by atoms with Gasteiger partial charge in [-0.2, -0.15) is 5.26 Å². The highest BCUT2D eigenvalue weighted by molar-refractivity contribution is 14.1. The van der Waals surface area contributed by atoms with E-state index in [0.717, 1.165) is 13.4 Å². The first kappa shape index (κ1) is 9.92. The Morgan fingerprint density at radius 3 is 2.58 bits per heavy atom. The molecule has 0 bridgehead atoms. The Morgan fingerprint density at radius 1 is 1.42 bits per heavy atom. The molecule has 0 heterocycles. The molecule has 4 heteroatoms. The van der Waals surface area contributed by atoms with Crippen LogP contribution in [0.15, 0.2) is 12.1 Å². The van der Waals surface area contributed by atoms with Crippen LogP contribution < -0.4 is 0 Å². The van der Waals surface area contributed by atoms with Crippen molar-refractivity contribution < 1.29 is 4.79 Å². The van der Waals surface area contributed by atoms with Crippen molar-refractivity contribution in [1.29, 1.82) is 5.26 Å². The van der Waals surface area contributed by atoms with Gasteiger partial charge in [0.05, 0.1) is 11.6 Å². The van der Waals surface area contributed by atoms with Gasteiger partial charge in [-0.1, -0.05) is 0 Å². The Morgan fingerprint density at radius 2 is 2.08 bits per heavy atom. The molecule has 0 saturated heterocycles. The van der Waals surface area contributed by atoms with Crippen molar-refractivity contribution >= 4 is 51.5 Å². The summed E-state index contributed by atoms with van der Waals surface area (Å²) in [5, 5.41) is 8.60. The summed E-state index contributed by atoms with van der Waals surface area (Å²) in [4.78, 5) is 10.5. The lowest BCUT2D eigenvalue weighted by Gasteiger charge is -1.99. The van der Waals surface area contributed by atoms with Crippen LogP contribution >= 0.6 is 45.2 Å². The number of hydrogen-bond acceptors (Lipinski definition) is 2. The van der Waals surface area contributed by atoms with Gasteiger partial charge in [-0.15, -0.1) is 0 Å². The van der Waals surface area contributed by atoms with Gasteiger partial charge < -0.3 is 0 Å². The molecule has 0 N–H and O–H groups in total. The highest BCUT2D eigenvalue weighted by Crippen LogP contribution is 2.19. The van der Waals surface area contributed by atoms with Gasteiger partial charge in [0.2, 0.25) is 0 Å². The first-order chi connectivity index (χ1) is 5.69. The third-order valence-electron chi connectivity index (χ3n) is 1.31. The van der Waals surface area contributed by atoms with E-state index in [1.54, 1.807) is 12.1 Å². The third-order valence-corrected chi connectivity index (χ3v) is 4.40. The molecular weight excluding hydrogens is 380 g/mol. The fourth-order valence-electron chi connectivity index (χ4n) is 0.761. The molecule has 0 aromatic heterocycles. The van der Waals surface area contributed by atoms with E-state index in [2.05, 4.69) is 45.2 Å². The molecule has 0 radical (unpaired) electrons. The van der Waals surface area contributed by atoms with Gasteiger partial charge >= 0.3 is 0 Å². The Bertz CT molecular complexity index is 368. The summed E-state index contributed by atoms with van der Waals surface area (Å²) in [6.45, 7) is 0. The molecule has 0 atom stereocenters. The van der Waals surface area contributed by atoms with E-state index in [-0.39, 0.29) is 0 Å². The van der Waals surface area contributed by atoms with Gasteiger partial charge in [0.15, 0.2) is 6.29 Å². The van der Waals surface area contributed by atoms with Crippen molar-refractivity contribution in [2.45, 2.75) is 0 Å². The van der Waals surface area contributed by atoms with E-state index >= 15 is 0 Å². The van der Waals surface area contributed by atoms with Crippen LogP contribution in [0.5, 0.6) is 0 Å². The molecule has 2 nitrogen and oxygen atoms in total. The molecule has 0 unspecified atom stereocenters. The summed E-state index contributed by atoms with van der Waals surface area (Å²) in [5.74, 6) is 0. The van der Waals surface area contributed by atoms with E-state index in [0.29, 0.717) is 11.1 Å². The Kier molecular flexibility index (Phi) is 3.46. The lowest BCUT2D eigenvalue weighted by atomic mass is 10.1. The zero-order valence-corrected chi connectivity index (χ0v) is 10.2. The minimum absolute atomic E-state index is 0.530. The number of carbonyl (C=O) groups excluding carboxylic acids is 1. The average molecular weight is 383 g/mol. The average Bonchev–Trinajstić information content (AvgIpc) is 2.09. The van der Waals surface area contributed by atoms with E-state index in [4.69, 9.17) is 5.26 Å². The van der Waals surface area contributed by atoms with Crippen LogP contribution in [0.2, 0.25) is 0 Å². The summed E-state index contributed by atoms with van der Waals surface area (Å²) in [7, 11) is 0. The quantitative estimate of drug-likeness (QED) is 0.553. The number of halogens is 2. The maximum Gasteiger partial charge on any atom is 0.151 e. The summed E-state index contributed by atoms with van der Waals surface area (Å²) >= 11 is 4.19. The predicted octanol–water partition coefficient (Wildman–Crippen LogP) is 2.58. The topological polar surface area (TPSA) is 40.9 Å². The van der Waals surface area contributed by atoms with E-state index in [1.165, 1.54) is 0 Å². The second-order valence-corrected chi connectivity index (χ2v) is 4.33. The number of aldehydes is 1. The molecule has 1 aromatic rings. The van der Waals surface area contributed by atoms with Crippen molar-refractivity contribution in [2.24, 2.45) is 0 Å². The molecule has 0 spiro atoms. The van der Waals surface area contributed by atoms with E-state index in [1.807, 2.05) is 6.07 Å². The number of hydrogen-bond donors (Lipinski definition) is 0. The minimum Gasteiger partial charge on any atom is -0.298 e. The summed E-state index contributed by atoms with van der Waals surface area (Å²) in [6.07, 6.45) is 0.769. The van der Waals surface area contributed by atoms with Crippen LogP contribution in [0.1, 0.15) is 15.9 Å². The van der Waals surface area contributed by atoms with Gasteiger partial charge in [0.1, 0.15) is 0 Å². The molecule has 0 aliphatic heterocycles. The van der Waals surface area contributed by atoms with Crippen molar-refractivity contribution in [2.75, 3.05) is 0 Å². The number of carbonyl (C=O) groups is 1. The van der Waals surface area contributed by atoms with Gasteiger partial charge in [0.25, 0.3) is 0 Å². The largest absolute Gasteiger partial charge is 0.298 e. The lowest BCUT2D eigenvalue weighted by molar-refractivity contribution is 0.112. The number of nitriles is 1. The normalized spacial score (nSPS) is 9.08. The monoisotopic (exact) mass is 383 g/mol. The molecule has 0 saturated carbocycles. The van der Waals surface area contributed by atoms with E-state index in [9.17, 15) is 4.79 Å². The molecule has 0 aliphatic rings. The molecule has 60 valence electrons. The van der Waals surface area contributed by atoms with Crippen LogP contribution in [0.25, 0.3) is 0 Å². The molecular formula is C8H3I2NO. The van der Waals surface area contributed by atoms with Crippen LogP contribution in [-0.2, 0) is 0 Å². The molecule has 0 aliphatic carbocycles. The summed E-state index contributed by atoms with van der Waals surface area (Å²) in [6, 6.07) is 5.36. The van der Waals surface area contributed by atoms with Crippen molar-refractivity contribution in [1.82, 2.24) is 0 Å². The van der Waals surface area contributed by atoms with E-state index < -0.39 is 0 Å². The molecule has 1 aromatic carbocycles. The van der Waals surface area contributed by atoms with Crippen LogP contribution in [0, 0.1) is 18.5 Å². The predicted molar refractivity (Wildman–Crippen MR) is 62.0 cm³/mol. The second kappa shape index (κ2) is 4.18. The lowest BCUT2D eigenvalue weighted by Crippen LogP contribution is -1.91. The van der Waals surface area contributed by atoms with Crippen molar-refractivity contribution in [3.05, 3.63) is 30.4 Å². The van der Waals surface area contributed by atoms with Crippen LogP contribution in [0.3, 0.4) is 0 Å². The second-order valence-electron chi connectivity index (χ2n) is 2.09. The summed E-state index contributed by atoms with van der Waals surface area (Å²) in [5.41, 5.74) is 1.11. The SMILES string of the molecule is N#Cc1cc(I)c(I)c(C=O)c1. The van der Waals surface area contributed by atoms with Crippen LogP contribution in [-0.4, -0.2) is 6.29 Å². The number of nitrogens with zero attached hydrogens (tertiary/aromatic N) is 1. The van der Waals surface area contributed by atoms with Gasteiger partial charge in [0, 0.05) is 12.7 Å². The Labute approximate surface area is 97.2 Å². The zero-order valence-electron chi connectivity index (χ0n) is 5.84. The standard InChI is InChI=1S/C8H3I2NO/c9-7-2-5(3-11)1-6(4-12)8(7)10/h1-2,4H. The Balaban J connectivity index is 3.41. The minimum atomic E-state index is 0.530. The first-order valence-corrected chi connectivity index (χ1v) is 5.19. The highest BCUT2D eigenvalue weighted by Gasteiger charge is 2.04.